The van der Waals surface area contributed by atoms with E-state index in [1.165, 1.54) is 0 Å². The number of hydrogen-bond donors (Lipinski definition) is 0. The Morgan fingerprint density at radius 1 is 1.29 bits per heavy atom. The van der Waals surface area contributed by atoms with Crippen molar-refractivity contribution in [3.63, 3.8) is 0 Å². The highest BCUT2D eigenvalue weighted by molar-refractivity contribution is 7.14. The molecule has 6 heteroatoms. The van der Waals surface area contributed by atoms with Gasteiger partial charge in [-0.05, 0) is 36.1 Å². The van der Waals surface area contributed by atoms with Gasteiger partial charge in [0.05, 0.1) is 23.3 Å². The molecule has 0 atom stereocenters. The zero-order chi connectivity index (χ0) is 16.9. The fraction of sp³-hybridized carbons (Fsp3) is 0.111. The van der Waals surface area contributed by atoms with Crippen LogP contribution in [-0.4, -0.2) is 17.4 Å². The molecule has 0 fully saturated rings. The Balaban J connectivity index is 2.04. The van der Waals surface area contributed by atoms with E-state index in [1.54, 1.807) is 28.9 Å². The van der Waals surface area contributed by atoms with Crippen molar-refractivity contribution in [3.05, 3.63) is 74.7 Å². The van der Waals surface area contributed by atoms with E-state index in [0.717, 1.165) is 26.5 Å². The largest absolute Gasteiger partial charge is 0.253 e. The van der Waals surface area contributed by atoms with Gasteiger partial charge in [-0.25, -0.2) is 4.68 Å². The van der Waals surface area contributed by atoms with E-state index in [2.05, 4.69) is 33.5 Å². The molecule has 0 radical (unpaired) electrons. The summed E-state index contributed by atoms with van der Waals surface area (Å²) in [6.07, 6.45) is 1.80. The maximum atomic E-state index is 6.04. The van der Waals surface area contributed by atoms with Crippen molar-refractivity contribution in [3.8, 4) is 10.6 Å². The number of thiophene rings is 1. The zero-order valence-electron chi connectivity index (χ0n) is 13.1. The van der Waals surface area contributed by atoms with Gasteiger partial charge in [0.2, 0.25) is 4.80 Å². The molecular formula is C18H16ClN3S2. The van der Waals surface area contributed by atoms with Crippen molar-refractivity contribution < 1.29 is 0 Å². The van der Waals surface area contributed by atoms with Gasteiger partial charge in [0.1, 0.15) is 0 Å². The Hall–Kier alpha value is -1.95. The number of aromatic nitrogens is 1. The van der Waals surface area contributed by atoms with Gasteiger partial charge in [-0.15, -0.1) is 22.7 Å². The summed E-state index contributed by atoms with van der Waals surface area (Å²) in [6.45, 7) is 6.47. The number of hydrogen-bond acceptors (Lipinski definition) is 4. The predicted octanol–water partition coefficient (Wildman–Crippen LogP) is 5.29. The minimum Gasteiger partial charge on any atom is -0.253 e. The zero-order valence-corrected chi connectivity index (χ0v) is 15.5. The van der Waals surface area contributed by atoms with E-state index in [0.29, 0.717) is 11.6 Å². The second-order valence-corrected chi connectivity index (χ2v) is 7.49. The lowest BCUT2D eigenvalue weighted by molar-refractivity contribution is 0.837. The Labute approximate surface area is 153 Å². The molecule has 0 N–H and O–H groups in total. The Morgan fingerprint density at radius 2 is 2.17 bits per heavy atom. The number of halogens is 1. The summed E-state index contributed by atoms with van der Waals surface area (Å²) in [7, 11) is 0. The number of benzene rings is 1. The van der Waals surface area contributed by atoms with Gasteiger partial charge < -0.3 is 0 Å². The second-order valence-electron chi connectivity index (χ2n) is 5.27. The molecule has 0 amide bonds. The van der Waals surface area contributed by atoms with E-state index in [9.17, 15) is 0 Å². The smallest absolute Gasteiger partial charge is 0.206 e. The number of nitrogens with zero attached hydrogens (tertiary/aromatic N) is 3. The van der Waals surface area contributed by atoms with Gasteiger partial charge in [0.15, 0.2) is 0 Å². The van der Waals surface area contributed by atoms with E-state index < -0.39 is 0 Å². The van der Waals surface area contributed by atoms with Gasteiger partial charge in [-0.3, -0.25) is 4.99 Å². The Bertz CT molecular complexity index is 933. The molecule has 0 spiro atoms. The molecule has 0 aliphatic heterocycles. The standard InChI is InChI=1S/C18H16ClN3S2/c1-13(2)10-20-18-22(16(12-24-18)17-7-4-8-23-17)21-11-14-5-3-6-15(19)9-14/h3-9,11-12H,1,10H2,2H3. The number of rotatable bonds is 5. The van der Waals surface area contributed by atoms with E-state index in [1.807, 2.05) is 41.9 Å². The molecule has 3 rings (SSSR count). The summed E-state index contributed by atoms with van der Waals surface area (Å²) in [5.74, 6) is 0. The van der Waals surface area contributed by atoms with E-state index in [-0.39, 0.29) is 0 Å². The summed E-state index contributed by atoms with van der Waals surface area (Å²) >= 11 is 9.30. The first-order valence-corrected chi connectivity index (χ1v) is 9.46. The molecule has 2 aromatic heterocycles. The third kappa shape index (κ3) is 4.12. The highest BCUT2D eigenvalue weighted by Crippen LogP contribution is 2.25. The molecule has 3 aromatic rings. The SMILES string of the molecule is C=C(C)CN=c1scc(-c2cccs2)n1N=Cc1cccc(Cl)c1. The molecule has 2 heterocycles. The van der Waals surface area contributed by atoms with Crippen LogP contribution in [0, 0.1) is 0 Å². The molecule has 122 valence electrons. The highest BCUT2D eigenvalue weighted by atomic mass is 35.5. The average Bonchev–Trinajstić information content (AvgIpc) is 3.20. The van der Waals surface area contributed by atoms with Crippen LogP contribution in [-0.2, 0) is 0 Å². The van der Waals surface area contributed by atoms with E-state index >= 15 is 0 Å². The first-order valence-electron chi connectivity index (χ1n) is 7.33. The molecule has 0 bridgehead atoms. The number of thiazole rings is 1. The van der Waals surface area contributed by atoms with Gasteiger partial charge in [-0.2, -0.15) is 5.10 Å². The van der Waals surface area contributed by atoms with Gasteiger partial charge in [0, 0.05) is 10.4 Å². The maximum Gasteiger partial charge on any atom is 0.206 e. The normalized spacial score (nSPS) is 12.2. The van der Waals surface area contributed by atoms with Crippen molar-refractivity contribution >= 4 is 40.5 Å². The molecule has 1 aromatic carbocycles. The van der Waals surface area contributed by atoms with Crippen LogP contribution >= 0.6 is 34.3 Å². The lowest BCUT2D eigenvalue weighted by Gasteiger charge is -2.01. The molecule has 0 saturated carbocycles. The fourth-order valence-electron chi connectivity index (χ4n) is 2.03. The summed E-state index contributed by atoms with van der Waals surface area (Å²) in [4.78, 5) is 6.62. The summed E-state index contributed by atoms with van der Waals surface area (Å²) in [5, 5.41) is 9.47. The average molecular weight is 374 g/mol. The highest BCUT2D eigenvalue weighted by Gasteiger charge is 2.08. The molecule has 0 aliphatic carbocycles. The van der Waals surface area contributed by atoms with Crippen molar-refractivity contribution in [2.45, 2.75) is 6.92 Å². The lowest BCUT2D eigenvalue weighted by atomic mass is 10.2. The monoisotopic (exact) mass is 373 g/mol. The molecule has 0 unspecified atom stereocenters. The Kier molecular flexibility index (Phi) is 5.45. The summed E-state index contributed by atoms with van der Waals surface area (Å²) in [6, 6.07) is 11.7. The van der Waals surface area contributed by atoms with Gasteiger partial charge in [-0.1, -0.05) is 42.0 Å². The second kappa shape index (κ2) is 7.75. The minimum absolute atomic E-state index is 0.594. The van der Waals surface area contributed by atoms with Crippen LogP contribution in [0.5, 0.6) is 0 Å². The van der Waals surface area contributed by atoms with Crippen molar-refractivity contribution in [1.29, 1.82) is 0 Å². The van der Waals surface area contributed by atoms with Crippen LogP contribution in [0.15, 0.2) is 69.4 Å². The molecule has 0 saturated heterocycles. The third-order valence-electron chi connectivity index (χ3n) is 3.11. The van der Waals surface area contributed by atoms with Crippen molar-refractivity contribution in [2.75, 3.05) is 6.54 Å². The molecular weight excluding hydrogens is 358 g/mol. The predicted molar refractivity (Wildman–Crippen MR) is 105 cm³/mol. The minimum atomic E-state index is 0.594. The van der Waals surface area contributed by atoms with Crippen LogP contribution in [0.25, 0.3) is 10.6 Å². The molecule has 0 aliphatic rings. The summed E-state index contributed by atoms with van der Waals surface area (Å²) in [5.41, 5.74) is 3.00. The molecule has 3 nitrogen and oxygen atoms in total. The van der Waals surface area contributed by atoms with Crippen LogP contribution in [0.3, 0.4) is 0 Å². The van der Waals surface area contributed by atoms with E-state index in [4.69, 9.17) is 11.6 Å². The van der Waals surface area contributed by atoms with Crippen LogP contribution in [0.1, 0.15) is 12.5 Å². The maximum absolute atomic E-state index is 6.04. The fourth-order valence-corrected chi connectivity index (χ4v) is 3.86. The first kappa shape index (κ1) is 16.9. The van der Waals surface area contributed by atoms with Gasteiger partial charge >= 0.3 is 0 Å². The van der Waals surface area contributed by atoms with Crippen LogP contribution in [0.4, 0.5) is 0 Å². The summed E-state index contributed by atoms with van der Waals surface area (Å²) < 4.78 is 1.88. The van der Waals surface area contributed by atoms with Crippen molar-refractivity contribution in [1.82, 2.24) is 4.68 Å². The van der Waals surface area contributed by atoms with Gasteiger partial charge in [0.25, 0.3) is 0 Å². The lowest BCUT2D eigenvalue weighted by Crippen LogP contribution is -2.12. The first-order chi connectivity index (χ1) is 11.6. The van der Waals surface area contributed by atoms with Crippen LogP contribution < -0.4 is 4.80 Å². The van der Waals surface area contributed by atoms with Crippen molar-refractivity contribution in [2.24, 2.45) is 10.1 Å². The quantitative estimate of drug-likeness (QED) is 0.429. The third-order valence-corrected chi connectivity index (χ3v) is 5.10. The van der Waals surface area contributed by atoms with Crippen LogP contribution in [0.2, 0.25) is 5.02 Å². The topological polar surface area (TPSA) is 29.6 Å². The molecule has 24 heavy (non-hydrogen) atoms. The Morgan fingerprint density at radius 3 is 2.88 bits per heavy atom.